The summed E-state index contributed by atoms with van der Waals surface area (Å²) in [6.45, 7) is 10.7. The first-order valence-corrected chi connectivity index (χ1v) is 13.4. The zero-order valence-corrected chi connectivity index (χ0v) is 22.1. The van der Waals surface area contributed by atoms with Gasteiger partial charge in [0.15, 0.2) is 0 Å². The van der Waals surface area contributed by atoms with Crippen molar-refractivity contribution in [3.8, 4) is 17.2 Å². The van der Waals surface area contributed by atoms with E-state index in [4.69, 9.17) is 13.7 Å². The third-order valence-corrected chi connectivity index (χ3v) is 5.81. The number of benzene rings is 3. The van der Waals surface area contributed by atoms with Gasteiger partial charge in [-0.15, -0.1) is 0 Å². The Morgan fingerprint density at radius 1 is 0.857 bits per heavy atom. The predicted molar refractivity (Wildman–Crippen MR) is 140 cm³/mol. The molecular formula is C28H35NO5S. The Hall–Kier alpha value is -2.87. The highest BCUT2D eigenvalue weighted by Gasteiger charge is 2.22. The fraction of sp³-hybridized carbons (Fsp3) is 0.357. The quantitative estimate of drug-likeness (QED) is 0.342. The smallest absolute Gasteiger partial charge is 0.265 e. The van der Waals surface area contributed by atoms with Gasteiger partial charge in [-0.05, 0) is 76.6 Å². The minimum absolute atomic E-state index is 0.203. The van der Waals surface area contributed by atoms with Crippen molar-refractivity contribution in [1.82, 2.24) is 5.32 Å². The molecule has 0 saturated heterocycles. The number of hydrogen-bond donors (Lipinski definition) is 1. The average molecular weight is 498 g/mol. The summed E-state index contributed by atoms with van der Waals surface area (Å²) in [6.07, 6.45) is 0.365. The van der Waals surface area contributed by atoms with Gasteiger partial charge in [0, 0.05) is 17.6 Å². The fourth-order valence-electron chi connectivity index (χ4n) is 3.36. The van der Waals surface area contributed by atoms with E-state index in [0.29, 0.717) is 23.6 Å². The summed E-state index contributed by atoms with van der Waals surface area (Å²) in [5.74, 6) is 2.07. The Morgan fingerprint density at radius 3 is 1.97 bits per heavy atom. The molecule has 0 amide bonds. The standard InChI is InChI=1S/C28H35NO5S/c1-20-7-12-24(13-8-20)32-19-23-17-22(27(34-35(6,30)31)18-29-28(3,4)5)11-16-26(23)33-25-14-9-21(2)10-15-25/h7-17,27,29H,18-19H2,1-6H3. The first kappa shape index (κ1) is 26.7. The fourth-order valence-corrected chi connectivity index (χ4v) is 3.96. The lowest BCUT2D eigenvalue weighted by Gasteiger charge is -2.25. The molecule has 3 aromatic carbocycles. The molecule has 0 saturated carbocycles. The maximum atomic E-state index is 12.0. The molecule has 35 heavy (non-hydrogen) atoms. The van der Waals surface area contributed by atoms with Crippen LogP contribution in [0.15, 0.2) is 66.7 Å². The van der Waals surface area contributed by atoms with E-state index in [9.17, 15) is 8.42 Å². The molecule has 0 bridgehead atoms. The van der Waals surface area contributed by atoms with Crippen LogP contribution in [0.3, 0.4) is 0 Å². The van der Waals surface area contributed by atoms with Gasteiger partial charge in [0.05, 0.1) is 6.26 Å². The van der Waals surface area contributed by atoms with Gasteiger partial charge in [0.2, 0.25) is 0 Å². The summed E-state index contributed by atoms with van der Waals surface area (Å²) >= 11 is 0. The lowest BCUT2D eigenvalue weighted by atomic mass is 10.0. The van der Waals surface area contributed by atoms with E-state index in [-0.39, 0.29) is 12.1 Å². The third-order valence-electron chi connectivity index (χ3n) is 5.23. The SMILES string of the molecule is Cc1ccc(OCc2cc(C(CNC(C)(C)C)OS(C)(=O)=O)ccc2Oc2ccc(C)cc2)cc1. The van der Waals surface area contributed by atoms with Crippen LogP contribution in [0.4, 0.5) is 0 Å². The first-order chi connectivity index (χ1) is 16.4. The monoisotopic (exact) mass is 497 g/mol. The van der Waals surface area contributed by atoms with Crippen LogP contribution in [0.1, 0.15) is 49.1 Å². The minimum atomic E-state index is -3.68. The van der Waals surface area contributed by atoms with Crippen molar-refractivity contribution in [2.24, 2.45) is 0 Å². The normalized spacial score (nSPS) is 12.9. The van der Waals surface area contributed by atoms with E-state index in [1.165, 1.54) is 0 Å². The van der Waals surface area contributed by atoms with Gasteiger partial charge >= 0.3 is 0 Å². The molecule has 1 N–H and O–H groups in total. The largest absolute Gasteiger partial charge is 0.489 e. The molecule has 3 rings (SSSR count). The highest BCUT2D eigenvalue weighted by atomic mass is 32.2. The summed E-state index contributed by atoms with van der Waals surface area (Å²) < 4.78 is 41.7. The summed E-state index contributed by atoms with van der Waals surface area (Å²) in [7, 11) is -3.68. The van der Waals surface area contributed by atoms with Gasteiger partial charge in [0.25, 0.3) is 10.1 Å². The molecule has 0 aliphatic carbocycles. The molecule has 0 aliphatic heterocycles. The number of ether oxygens (including phenoxy) is 2. The van der Waals surface area contributed by atoms with E-state index in [1.807, 2.05) is 101 Å². The van der Waals surface area contributed by atoms with E-state index in [2.05, 4.69) is 5.32 Å². The number of hydrogen-bond acceptors (Lipinski definition) is 6. The van der Waals surface area contributed by atoms with Crippen LogP contribution >= 0.6 is 0 Å². The molecule has 0 spiro atoms. The summed E-state index contributed by atoms with van der Waals surface area (Å²) in [6, 6.07) is 21.2. The first-order valence-electron chi connectivity index (χ1n) is 11.6. The van der Waals surface area contributed by atoms with Crippen molar-refractivity contribution in [1.29, 1.82) is 0 Å². The number of nitrogens with one attached hydrogen (secondary N) is 1. The van der Waals surface area contributed by atoms with Crippen molar-refractivity contribution < 1.29 is 22.1 Å². The van der Waals surface area contributed by atoms with Gasteiger partial charge in [-0.2, -0.15) is 8.42 Å². The Balaban J connectivity index is 1.93. The summed E-state index contributed by atoms with van der Waals surface area (Å²) in [4.78, 5) is 0. The van der Waals surface area contributed by atoms with Crippen LogP contribution in [-0.2, 0) is 20.9 Å². The van der Waals surface area contributed by atoms with Gasteiger partial charge < -0.3 is 14.8 Å². The molecule has 0 radical (unpaired) electrons. The lowest BCUT2D eigenvalue weighted by molar-refractivity contribution is 0.197. The van der Waals surface area contributed by atoms with Crippen molar-refractivity contribution >= 4 is 10.1 Å². The van der Waals surface area contributed by atoms with Crippen molar-refractivity contribution in [2.75, 3.05) is 12.8 Å². The molecule has 0 heterocycles. The van der Waals surface area contributed by atoms with E-state index < -0.39 is 16.2 Å². The Labute approximate surface area is 209 Å². The summed E-state index contributed by atoms with van der Waals surface area (Å²) in [5, 5.41) is 3.33. The van der Waals surface area contributed by atoms with Crippen molar-refractivity contribution in [3.05, 3.63) is 89.0 Å². The molecule has 6 nitrogen and oxygen atoms in total. The van der Waals surface area contributed by atoms with Crippen LogP contribution in [0.5, 0.6) is 17.2 Å². The maximum absolute atomic E-state index is 12.0. The van der Waals surface area contributed by atoms with Crippen LogP contribution in [0.25, 0.3) is 0 Å². The zero-order valence-electron chi connectivity index (χ0n) is 21.3. The van der Waals surface area contributed by atoms with Gasteiger partial charge in [0.1, 0.15) is 30.0 Å². The third kappa shape index (κ3) is 9.02. The van der Waals surface area contributed by atoms with Gasteiger partial charge in [-0.1, -0.05) is 41.5 Å². The maximum Gasteiger partial charge on any atom is 0.265 e. The van der Waals surface area contributed by atoms with Crippen LogP contribution < -0.4 is 14.8 Å². The van der Waals surface area contributed by atoms with E-state index in [0.717, 1.165) is 28.7 Å². The second-order valence-corrected chi connectivity index (χ2v) is 11.4. The van der Waals surface area contributed by atoms with Gasteiger partial charge in [-0.25, -0.2) is 0 Å². The molecule has 0 aromatic heterocycles. The molecule has 1 atom stereocenters. The molecule has 0 aliphatic rings. The van der Waals surface area contributed by atoms with Crippen molar-refractivity contribution in [3.63, 3.8) is 0 Å². The van der Waals surface area contributed by atoms with Gasteiger partial charge in [-0.3, -0.25) is 4.18 Å². The number of aryl methyl sites for hydroxylation is 2. The highest BCUT2D eigenvalue weighted by molar-refractivity contribution is 7.86. The Kier molecular flexibility index (Phi) is 8.59. The molecule has 3 aromatic rings. The minimum Gasteiger partial charge on any atom is -0.489 e. The molecule has 188 valence electrons. The van der Waals surface area contributed by atoms with Crippen molar-refractivity contribution in [2.45, 2.75) is 52.9 Å². The second kappa shape index (κ2) is 11.2. The van der Waals surface area contributed by atoms with E-state index >= 15 is 0 Å². The van der Waals surface area contributed by atoms with Crippen LogP contribution in [-0.4, -0.2) is 26.8 Å². The predicted octanol–water partition coefficient (Wildman–Crippen LogP) is 6.08. The molecule has 7 heteroatoms. The lowest BCUT2D eigenvalue weighted by Crippen LogP contribution is -2.39. The number of rotatable bonds is 10. The van der Waals surface area contributed by atoms with E-state index in [1.54, 1.807) is 0 Å². The molecule has 0 fully saturated rings. The Morgan fingerprint density at radius 2 is 1.43 bits per heavy atom. The zero-order chi connectivity index (χ0) is 25.6. The second-order valence-electron chi connectivity index (χ2n) is 9.80. The topological polar surface area (TPSA) is 73.9 Å². The van der Waals surface area contributed by atoms with Crippen LogP contribution in [0.2, 0.25) is 0 Å². The average Bonchev–Trinajstić information content (AvgIpc) is 2.77. The summed E-state index contributed by atoms with van der Waals surface area (Å²) in [5.41, 5.74) is 3.58. The molecule has 1 unspecified atom stereocenters. The Bertz CT molecular complexity index is 1210. The van der Waals surface area contributed by atoms with Crippen LogP contribution in [0, 0.1) is 13.8 Å². The molecular weight excluding hydrogens is 462 g/mol. The highest BCUT2D eigenvalue weighted by Crippen LogP contribution is 2.31.